The minimum atomic E-state index is -3.33. The van der Waals surface area contributed by atoms with Crippen LogP contribution in [0.25, 0.3) is 0 Å². The zero-order valence-corrected chi connectivity index (χ0v) is 16.9. The van der Waals surface area contributed by atoms with Crippen molar-refractivity contribution in [3.8, 4) is 0 Å². The van der Waals surface area contributed by atoms with Gasteiger partial charge in [0.05, 0.1) is 17.0 Å². The van der Waals surface area contributed by atoms with Crippen LogP contribution in [0, 0.1) is 0 Å². The van der Waals surface area contributed by atoms with Crippen LogP contribution < -0.4 is 0 Å². The molecule has 0 radical (unpaired) electrons. The van der Waals surface area contributed by atoms with E-state index in [0.717, 1.165) is 62.7 Å². The predicted molar refractivity (Wildman–Crippen MR) is 99.1 cm³/mol. The molecule has 0 amide bonds. The van der Waals surface area contributed by atoms with E-state index < -0.39 is 10.0 Å². The summed E-state index contributed by atoms with van der Waals surface area (Å²) in [5.74, 6) is 0. The van der Waals surface area contributed by atoms with E-state index in [0.29, 0.717) is 17.3 Å². The van der Waals surface area contributed by atoms with Gasteiger partial charge in [0, 0.05) is 39.3 Å². The lowest BCUT2D eigenvalue weighted by atomic mass is 10.3. The summed E-state index contributed by atoms with van der Waals surface area (Å²) in [5.41, 5.74) is 0. The van der Waals surface area contributed by atoms with Crippen molar-refractivity contribution in [2.24, 2.45) is 0 Å². The lowest BCUT2D eigenvalue weighted by molar-refractivity contribution is 0.0356. The summed E-state index contributed by atoms with van der Waals surface area (Å²) in [4.78, 5) is 4.82. The van der Waals surface area contributed by atoms with Crippen LogP contribution in [0.2, 0.25) is 0 Å². The molecule has 0 atom stereocenters. The number of nitrogens with zero attached hydrogens (tertiary/aromatic N) is 3. The van der Waals surface area contributed by atoms with Gasteiger partial charge in [-0.3, -0.25) is 4.90 Å². The molecule has 0 saturated carbocycles. The van der Waals surface area contributed by atoms with Crippen molar-refractivity contribution in [2.45, 2.75) is 10.6 Å². The molecule has 2 aliphatic rings. The number of sulfonamides is 1. The fourth-order valence-electron chi connectivity index (χ4n) is 3.10. The van der Waals surface area contributed by atoms with Crippen LogP contribution in [0.15, 0.2) is 20.1 Å². The first-order valence-electron chi connectivity index (χ1n) is 8.34. The van der Waals surface area contributed by atoms with Crippen molar-refractivity contribution in [2.75, 3.05) is 65.6 Å². The summed E-state index contributed by atoms with van der Waals surface area (Å²) in [5, 5.41) is 0. The standard InChI is InChI=1S/C15H24BrN3O3S2/c16-14-2-3-15(23-14)24(20,21)19-8-6-17(7-9-19)4-1-5-18-10-12-22-13-11-18/h2-3H,1,4-13H2. The van der Waals surface area contributed by atoms with Crippen LogP contribution in [-0.4, -0.2) is 88.1 Å². The van der Waals surface area contributed by atoms with Crippen LogP contribution >= 0.6 is 27.3 Å². The number of morpholine rings is 1. The molecule has 1 aromatic rings. The quantitative estimate of drug-likeness (QED) is 0.675. The number of ether oxygens (including phenoxy) is 1. The Morgan fingerprint density at radius 1 is 1.00 bits per heavy atom. The molecule has 0 spiro atoms. The Labute approximate surface area is 156 Å². The molecular formula is C15H24BrN3O3S2. The topological polar surface area (TPSA) is 53.1 Å². The fraction of sp³-hybridized carbons (Fsp3) is 0.733. The molecule has 0 bridgehead atoms. The Kier molecular flexibility index (Phi) is 6.70. The summed E-state index contributed by atoms with van der Waals surface area (Å²) >= 11 is 4.61. The van der Waals surface area contributed by atoms with Gasteiger partial charge in [0.1, 0.15) is 4.21 Å². The van der Waals surface area contributed by atoms with E-state index in [1.165, 1.54) is 11.3 Å². The molecule has 2 aliphatic heterocycles. The zero-order chi connectivity index (χ0) is 17.0. The second kappa shape index (κ2) is 8.57. The number of halogens is 1. The molecule has 9 heteroatoms. The average Bonchev–Trinajstić information content (AvgIpc) is 3.04. The largest absolute Gasteiger partial charge is 0.379 e. The highest BCUT2D eigenvalue weighted by atomic mass is 79.9. The SMILES string of the molecule is O=S(=O)(c1ccc(Br)s1)N1CCN(CCCN2CCOCC2)CC1. The Morgan fingerprint density at radius 2 is 1.62 bits per heavy atom. The highest BCUT2D eigenvalue weighted by Crippen LogP contribution is 2.28. The Balaban J connectivity index is 1.42. The van der Waals surface area contributed by atoms with Crippen molar-refractivity contribution in [1.29, 1.82) is 0 Å². The van der Waals surface area contributed by atoms with Crippen molar-refractivity contribution < 1.29 is 13.2 Å². The van der Waals surface area contributed by atoms with E-state index in [1.54, 1.807) is 16.4 Å². The first kappa shape index (κ1) is 18.8. The molecule has 136 valence electrons. The average molecular weight is 438 g/mol. The van der Waals surface area contributed by atoms with Gasteiger partial charge in [-0.25, -0.2) is 8.42 Å². The fourth-order valence-corrected chi connectivity index (χ4v) is 6.69. The second-order valence-corrected chi connectivity index (χ2v) is 10.7. The highest BCUT2D eigenvalue weighted by Gasteiger charge is 2.29. The van der Waals surface area contributed by atoms with Gasteiger partial charge >= 0.3 is 0 Å². The van der Waals surface area contributed by atoms with Crippen molar-refractivity contribution in [3.63, 3.8) is 0 Å². The minimum absolute atomic E-state index is 0.426. The summed E-state index contributed by atoms with van der Waals surface area (Å²) in [6.07, 6.45) is 1.13. The van der Waals surface area contributed by atoms with Crippen molar-refractivity contribution in [1.82, 2.24) is 14.1 Å². The summed E-state index contributed by atoms with van der Waals surface area (Å²) in [7, 11) is -3.33. The monoisotopic (exact) mass is 437 g/mol. The van der Waals surface area contributed by atoms with Crippen molar-refractivity contribution in [3.05, 3.63) is 15.9 Å². The second-order valence-electron chi connectivity index (χ2n) is 6.11. The van der Waals surface area contributed by atoms with Gasteiger partial charge in [0.15, 0.2) is 0 Å². The molecule has 3 rings (SSSR count). The van der Waals surface area contributed by atoms with Crippen LogP contribution in [0.1, 0.15) is 6.42 Å². The van der Waals surface area contributed by atoms with Gasteiger partial charge < -0.3 is 9.64 Å². The van der Waals surface area contributed by atoms with E-state index >= 15 is 0 Å². The normalized spacial score (nSPS) is 22.0. The van der Waals surface area contributed by atoms with Crippen LogP contribution in [-0.2, 0) is 14.8 Å². The molecule has 0 N–H and O–H groups in total. The maximum atomic E-state index is 12.6. The van der Waals surface area contributed by atoms with Crippen LogP contribution in [0.4, 0.5) is 0 Å². The molecule has 0 aromatic carbocycles. The Hall–Kier alpha value is -0.0300. The van der Waals surface area contributed by atoms with E-state index in [9.17, 15) is 8.42 Å². The zero-order valence-electron chi connectivity index (χ0n) is 13.7. The van der Waals surface area contributed by atoms with Crippen LogP contribution in [0.3, 0.4) is 0 Å². The summed E-state index contributed by atoms with van der Waals surface area (Å²) in [6.45, 7) is 8.67. The van der Waals surface area contributed by atoms with Gasteiger partial charge in [-0.2, -0.15) is 4.31 Å². The molecule has 2 fully saturated rings. The van der Waals surface area contributed by atoms with Gasteiger partial charge in [0.25, 0.3) is 10.0 Å². The smallest absolute Gasteiger partial charge is 0.252 e. The van der Waals surface area contributed by atoms with Gasteiger partial charge in [-0.05, 0) is 47.6 Å². The van der Waals surface area contributed by atoms with Gasteiger partial charge in [0.2, 0.25) is 0 Å². The molecular weight excluding hydrogens is 414 g/mol. The lowest BCUT2D eigenvalue weighted by Gasteiger charge is -2.34. The molecule has 0 aliphatic carbocycles. The molecule has 24 heavy (non-hydrogen) atoms. The number of rotatable bonds is 6. The Morgan fingerprint density at radius 3 is 2.21 bits per heavy atom. The van der Waals surface area contributed by atoms with E-state index in [4.69, 9.17) is 4.74 Å². The van der Waals surface area contributed by atoms with Crippen molar-refractivity contribution >= 4 is 37.3 Å². The van der Waals surface area contributed by atoms with Crippen LogP contribution in [0.5, 0.6) is 0 Å². The lowest BCUT2D eigenvalue weighted by Crippen LogP contribution is -2.49. The van der Waals surface area contributed by atoms with Gasteiger partial charge in [-0.1, -0.05) is 0 Å². The number of thiophene rings is 1. The third-order valence-electron chi connectivity index (χ3n) is 4.53. The van der Waals surface area contributed by atoms with E-state index in [2.05, 4.69) is 25.7 Å². The van der Waals surface area contributed by atoms with Gasteiger partial charge in [-0.15, -0.1) is 11.3 Å². The Bertz CT molecular complexity index is 624. The third kappa shape index (κ3) is 4.78. The molecule has 6 nitrogen and oxygen atoms in total. The molecule has 2 saturated heterocycles. The molecule has 0 unspecified atom stereocenters. The maximum absolute atomic E-state index is 12.6. The molecule has 3 heterocycles. The number of hydrogen-bond donors (Lipinski definition) is 0. The minimum Gasteiger partial charge on any atom is -0.379 e. The van der Waals surface area contributed by atoms with E-state index in [1.807, 2.05) is 0 Å². The summed E-state index contributed by atoms with van der Waals surface area (Å²) in [6, 6.07) is 3.47. The molecule has 1 aromatic heterocycles. The predicted octanol–water partition coefficient (Wildman–Crippen LogP) is 1.54. The third-order valence-corrected chi connectivity index (χ3v) is 8.52. The summed E-state index contributed by atoms with van der Waals surface area (Å²) < 4.78 is 33.5. The first-order chi connectivity index (χ1) is 11.6. The number of hydrogen-bond acceptors (Lipinski definition) is 6. The van der Waals surface area contributed by atoms with E-state index in [-0.39, 0.29) is 0 Å². The highest BCUT2D eigenvalue weighted by molar-refractivity contribution is 9.11. The number of piperazine rings is 1. The first-order valence-corrected chi connectivity index (χ1v) is 11.4. The maximum Gasteiger partial charge on any atom is 0.252 e.